The average molecular weight is 375 g/mol. The first-order valence-corrected chi connectivity index (χ1v) is 8.47. The first kappa shape index (κ1) is 17.4. The first-order chi connectivity index (χ1) is 12.9. The molecule has 1 aliphatic carbocycles. The molecular formula is C18H16F3N5O. The van der Waals surface area contributed by atoms with Crippen molar-refractivity contribution in [3.05, 3.63) is 53.6 Å². The third kappa shape index (κ3) is 3.36. The third-order valence-corrected chi connectivity index (χ3v) is 4.66. The maximum absolute atomic E-state index is 13.5. The van der Waals surface area contributed by atoms with Crippen LogP contribution in [0.2, 0.25) is 0 Å². The number of carbonyl (C=O) groups excluding carboxylic acids is 1. The molecule has 4 rings (SSSR count). The summed E-state index contributed by atoms with van der Waals surface area (Å²) in [4.78, 5) is 24.4. The van der Waals surface area contributed by atoms with E-state index in [0.29, 0.717) is 11.3 Å². The lowest BCUT2D eigenvalue weighted by molar-refractivity contribution is 0.0922. The Labute approximate surface area is 152 Å². The van der Waals surface area contributed by atoms with Crippen LogP contribution in [0.15, 0.2) is 30.6 Å². The molecule has 1 atom stereocenters. The second-order valence-corrected chi connectivity index (χ2v) is 6.58. The molecule has 0 unspecified atom stereocenters. The molecule has 27 heavy (non-hydrogen) atoms. The Balaban J connectivity index is 1.62. The number of aromatic nitrogens is 4. The molecule has 0 saturated heterocycles. The smallest absolute Gasteiger partial charge is 0.281 e. The van der Waals surface area contributed by atoms with E-state index in [-0.39, 0.29) is 23.5 Å². The van der Waals surface area contributed by atoms with Crippen molar-refractivity contribution in [3.63, 3.8) is 0 Å². The molecule has 1 amide bonds. The number of alkyl halides is 2. The number of imidazole rings is 1. The molecule has 1 saturated carbocycles. The van der Waals surface area contributed by atoms with Gasteiger partial charge in [0.25, 0.3) is 12.3 Å². The number of hydrogen-bond donors (Lipinski definition) is 1. The quantitative estimate of drug-likeness (QED) is 0.743. The molecule has 6 nitrogen and oxygen atoms in total. The van der Waals surface area contributed by atoms with E-state index in [1.54, 1.807) is 13.1 Å². The summed E-state index contributed by atoms with van der Waals surface area (Å²) in [5, 5.41) is 2.87. The van der Waals surface area contributed by atoms with Gasteiger partial charge in [-0.2, -0.15) is 0 Å². The number of nitrogens with zero attached hydrogens (tertiary/aromatic N) is 4. The maximum atomic E-state index is 13.5. The Hall–Kier alpha value is -2.97. The van der Waals surface area contributed by atoms with Crippen LogP contribution in [-0.2, 0) is 7.05 Å². The molecule has 9 heteroatoms. The second-order valence-electron chi connectivity index (χ2n) is 6.58. The number of carbonyl (C=O) groups is 1. The summed E-state index contributed by atoms with van der Waals surface area (Å²) in [7, 11) is 1.81. The molecule has 2 heterocycles. The van der Waals surface area contributed by atoms with Crippen molar-refractivity contribution in [2.45, 2.75) is 25.3 Å². The number of fused-ring (bicyclic) bond motifs is 1. The standard InChI is InChI=1S/C18H16F3N5O/c1-26-14-5-4-10(19)6-11(14)24-17(26)15(9-2-3-9)25-18(27)13-8-22-12(7-23-13)16(20)21/h4-9,15-16H,2-3H2,1H3,(H,25,27)/t15-/m0/s1. The van der Waals surface area contributed by atoms with Gasteiger partial charge in [-0.25, -0.2) is 23.1 Å². The molecule has 1 aliphatic rings. The molecule has 0 spiro atoms. The number of benzene rings is 1. The van der Waals surface area contributed by atoms with Gasteiger partial charge in [0.05, 0.1) is 29.5 Å². The number of nitrogens with one attached hydrogen (secondary N) is 1. The van der Waals surface area contributed by atoms with Gasteiger partial charge in [0.1, 0.15) is 23.0 Å². The summed E-state index contributed by atoms with van der Waals surface area (Å²) >= 11 is 0. The fourth-order valence-corrected chi connectivity index (χ4v) is 3.08. The van der Waals surface area contributed by atoms with E-state index in [0.717, 1.165) is 30.8 Å². The van der Waals surface area contributed by atoms with Crippen molar-refractivity contribution in [1.82, 2.24) is 24.8 Å². The lowest BCUT2D eigenvalue weighted by atomic mass is 10.1. The third-order valence-electron chi connectivity index (χ3n) is 4.66. The van der Waals surface area contributed by atoms with Crippen LogP contribution in [0, 0.1) is 11.7 Å². The minimum Gasteiger partial charge on any atom is -0.340 e. The highest BCUT2D eigenvalue weighted by Crippen LogP contribution is 2.41. The molecular weight excluding hydrogens is 359 g/mol. The average Bonchev–Trinajstić information content (AvgIpc) is 3.44. The van der Waals surface area contributed by atoms with E-state index in [1.165, 1.54) is 12.1 Å². The van der Waals surface area contributed by atoms with Crippen molar-refractivity contribution in [3.8, 4) is 0 Å². The van der Waals surface area contributed by atoms with Crippen molar-refractivity contribution < 1.29 is 18.0 Å². The number of hydrogen-bond acceptors (Lipinski definition) is 4. The van der Waals surface area contributed by atoms with Gasteiger partial charge in [0.2, 0.25) is 0 Å². The summed E-state index contributed by atoms with van der Waals surface area (Å²) in [5.41, 5.74) is 0.735. The van der Waals surface area contributed by atoms with E-state index in [9.17, 15) is 18.0 Å². The zero-order chi connectivity index (χ0) is 19.1. The molecule has 0 bridgehead atoms. The van der Waals surface area contributed by atoms with Gasteiger partial charge in [0.15, 0.2) is 0 Å². The molecule has 140 valence electrons. The summed E-state index contributed by atoms with van der Waals surface area (Å²) in [6, 6.07) is 3.97. The monoisotopic (exact) mass is 375 g/mol. The number of amides is 1. The van der Waals surface area contributed by atoms with E-state index >= 15 is 0 Å². The summed E-state index contributed by atoms with van der Waals surface area (Å²) < 4.78 is 40.5. The van der Waals surface area contributed by atoms with Gasteiger partial charge >= 0.3 is 0 Å². The van der Waals surface area contributed by atoms with E-state index in [2.05, 4.69) is 20.3 Å². The Morgan fingerprint density at radius 3 is 2.67 bits per heavy atom. The summed E-state index contributed by atoms with van der Waals surface area (Å²) in [5.74, 6) is -0.0711. The molecule has 1 fully saturated rings. The van der Waals surface area contributed by atoms with Crippen LogP contribution in [0.3, 0.4) is 0 Å². The van der Waals surface area contributed by atoms with E-state index in [1.807, 2.05) is 4.57 Å². The zero-order valence-corrected chi connectivity index (χ0v) is 14.4. The predicted molar refractivity (Wildman–Crippen MR) is 90.6 cm³/mol. The Bertz CT molecular complexity index is 998. The molecule has 3 aromatic rings. The Morgan fingerprint density at radius 2 is 2.04 bits per heavy atom. The van der Waals surface area contributed by atoms with E-state index in [4.69, 9.17) is 0 Å². The lowest BCUT2D eigenvalue weighted by Crippen LogP contribution is -2.32. The van der Waals surface area contributed by atoms with Gasteiger partial charge in [-0.05, 0) is 30.9 Å². The first-order valence-electron chi connectivity index (χ1n) is 8.47. The molecule has 1 aromatic carbocycles. The summed E-state index contributed by atoms with van der Waals surface area (Å²) in [6.07, 6.45) is 1.04. The van der Waals surface area contributed by atoms with Crippen LogP contribution in [0.5, 0.6) is 0 Å². The highest BCUT2D eigenvalue weighted by molar-refractivity contribution is 5.92. The van der Waals surface area contributed by atoms with Crippen LogP contribution in [0.25, 0.3) is 11.0 Å². The Kier molecular flexibility index (Phi) is 4.29. The molecule has 0 aliphatic heterocycles. The lowest BCUT2D eigenvalue weighted by Gasteiger charge is -2.18. The van der Waals surface area contributed by atoms with Crippen molar-refractivity contribution in [2.24, 2.45) is 13.0 Å². The van der Waals surface area contributed by atoms with Crippen molar-refractivity contribution >= 4 is 16.9 Å². The predicted octanol–water partition coefficient (Wildman–Crippen LogP) is 3.32. The number of rotatable bonds is 5. The second kappa shape index (κ2) is 6.64. The van der Waals surface area contributed by atoms with Gasteiger partial charge in [-0.15, -0.1) is 0 Å². The molecule has 0 radical (unpaired) electrons. The van der Waals surface area contributed by atoms with Gasteiger partial charge in [-0.1, -0.05) is 0 Å². The van der Waals surface area contributed by atoms with E-state index < -0.39 is 18.0 Å². The number of aryl methyl sites for hydroxylation is 1. The highest BCUT2D eigenvalue weighted by Gasteiger charge is 2.36. The van der Waals surface area contributed by atoms with Crippen molar-refractivity contribution in [1.29, 1.82) is 0 Å². The fraction of sp³-hybridized carbons (Fsp3) is 0.333. The zero-order valence-electron chi connectivity index (χ0n) is 14.4. The highest BCUT2D eigenvalue weighted by atomic mass is 19.3. The molecule has 2 aromatic heterocycles. The summed E-state index contributed by atoms with van der Waals surface area (Å²) in [6.45, 7) is 0. The van der Waals surface area contributed by atoms with Crippen molar-refractivity contribution in [2.75, 3.05) is 0 Å². The largest absolute Gasteiger partial charge is 0.340 e. The molecule has 1 N–H and O–H groups in total. The Morgan fingerprint density at radius 1 is 1.26 bits per heavy atom. The van der Waals surface area contributed by atoms with Crippen LogP contribution < -0.4 is 5.32 Å². The van der Waals surface area contributed by atoms with Crippen LogP contribution in [-0.4, -0.2) is 25.4 Å². The minimum atomic E-state index is -2.74. The normalized spacial score (nSPS) is 15.3. The maximum Gasteiger partial charge on any atom is 0.281 e. The fourth-order valence-electron chi connectivity index (χ4n) is 3.08. The van der Waals surface area contributed by atoms with Gasteiger partial charge in [0, 0.05) is 13.1 Å². The minimum absolute atomic E-state index is 0.0464. The SMILES string of the molecule is Cn1c([C@@H](NC(=O)c2cnc(C(F)F)cn2)C2CC2)nc2cc(F)ccc21. The van der Waals surface area contributed by atoms with Crippen LogP contribution >= 0.6 is 0 Å². The van der Waals surface area contributed by atoms with Gasteiger partial charge in [-0.3, -0.25) is 9.78 Å². The van der Waals surface area contributed by atoms with Gasteiger partial charge < -0.3 is 9.88 Å². The topological polar surface area (TPSA) is 72.7 Å². The van der Waals surface area contributed by atoms with Crippen LogP contribution in [0.1, 0.15) is 47.3 Å². The van der Waals surface area contributed by atoms with Crippen LogP contribution in [0.4, 0.5) is 13.2 Å². The number of halogens is 3.